The first kappa shape index (κ1) is 7.87. The van der Waals surface area contributed by atoms with Crippen LogP contribution in [0.15, 0.2) is 6.20 Å². The van der Waals surface area contributed by atoms with Gasteiger partial charge in [-0.1, -0.05) is 11.6 Å². The van der Waals surface area contributed by atoms with Gasteiger partial charge in [0.05, 0.1) is 6.20 Å². The van der Waals surface area contributed by atoms with E-state index in [-0.39, 0.29) is 17.4 Å². The second kappa shape index (κ2) is 2.79. The highest BCUT2D eigenvalue weighted by Crippen LogP contribution is 2.16. The molecule has 60 valence electrons. The zero-order valence-corrected chi connectivity index (χ0v) is 6.25. The maximum absolute atomic E-state index is 10.2. The van der Waals surface area contributed by atoms with Gasteiger partial charge < -0.3 is 10.8 Å². The number of nitrogen functional groups attached to an aromatic ring is 1. The lowest BCUT2D eigenvalue weighted by atomic mass is 10.6. The second-order valence-corrected chi connectivity index (χ2v) is 2.34. The van der Waals surface area contributed by atoms with Gasteiger partial charge in [0.25, 0.3) is 0 Å². The number of carbonyl (C=O) groups is 1. The fourth-order valence-corrected chi connectivity index (χ4v) is 0.767. The van der Waals surface area contributed by atoms with Crippen LogP contribution in [0.1, 0.15) is 0 Å². The number of nitrogens with zero attached hydrogens (tertiary/aromatic N) is 2. The number of aromatic nitrogens is 2. The molecular formula is C5H6ClN3O2. The average Bonchev–Trinajstić information content (AvgIpc) is 2.18. The van der Waals surface area contributed by atoms with Crippen molar-refractivity contribution in [3.05, 3.63) is 11.2 Å². The van der Waals surface area contributed by atoms with Gasteiger partial charge in [0.15, 0.2) is 0 Å². The number of carboxylic acids is 1. The number of rotatable bonds is 2. The van der Waals surface area contributed by atoms with Gasteiger partial charge in [0, 0.05) is 0 Å². The summed E-state index contributed by atoms with van der Waals surface area (Å²) in [6, 6.07) is 0. The first-order chi connectivity index (χ1) is 5.11. The van der Waals surface area contributed by atoms with Crippen molar-refractivity contribution in [1.29, 1.82) is 0 Å². The zero-order chi connectivity index (χ0) is 8.43. The van der Waals surface area contributed by atoms with Gasteiger partial charge in [-0.2, -0.15) is 5.10 Å². The highest BCUT2D eigenvalue weighted by atomic mass is 35.5. The maximum Gasteiger partial charge on any atom is 0.325 e. The van der Waals surface area contributed by atoms with Crippen molar-refractivity contribution in [3.63, 3.8) is 0 Å². The molecule has 0 aromatic carbocycles. The molecule has 0 atom stereocenters. The van der Waals surface area contributed by atoms with Gasteiger partial charge in [-0.15, -0.1) is 0 Å². The molecule has 1 rings (SSSR count). The molecule has 5 nitrogen and oxygen atoms in total. The summed E-state index contributed by atoms with van der Waals surface area (Å²) in [4.78, 5) is 10.2. The minimum Gasteiger partial charge on any atom is -0.480 e. The summed E-state index contributed by atoms with van der Waals surface area (Å²) in [5.74, 6) is -0.828. The van der Waals surface area contributed by atoms with E-state index in [1.165, 1.54) is 6.20 Å². The first-order valence-electron chi connectivity index (χ1n) is 2.80. The van der Waals surface area contributed by atoms with E-state index < -0.39 is 5.97 Å². The largest absolute Gasteiger partial charge is 0.480 e. The third-order valence-electron chi connectivity index (χ3n) is 1.12. The van der Waals surface area contributed by atoms with Crippen LogP contribution in [0.25, 0.3) is 0 Å². The quantitative estimate of drug-likeness (QED) is 0.673. The fourth-order valence-electron chi connectivity index (χ4n) is 0.626. The SMILES string of the molecule is Nc1c(Cl)cnn1CC(=O)O. The summed E-state index contributed by atoms with van der Waals surface area (Å²) in [5.41, 5.74) is 5.36. The second-order valence-electron chi connectivity index (χ2n) is 1.93. The van der Waals surface area contributed by atoms with E-state index in [9.17, 15) is 4.79 Å². The lowest BCUT2D eigenvalue weighted by molar-refractivity contribution is -0.137. The van der Waals surface area contributed by atoms with Crippen LogP contribution < -0.4 is 5.73 Å². The van der Waals surface area contributed by atoms with E-state index in [0.29, 0.717) is 0 Å². The zero-order valence-electron chi connectivity index (χ0n) is 5.49. The molecule has 0 spiro atoms. The lowest BCUT2D eigenvalue weighted by Crippen LogP contribution is -2.12. The number of hydrogen-bond acceptors (Lipinski definition) is 3. The molecule has 0 aliphatic heterocycles. The number of anilines is 1. The number of hydrogen-bond donors (Lipinski definition) is 2. The third-order valence-corrected chi connectivity index (χ3v) is 1.41. The van der Waals surface area contributed by atoms with Crippen LogP contribution in [0.4, 0.5) is 5.82 Å². The van der Waals surface area contributed by atoms with Crippen molar-refractivity contribution in [1.82, 2.24) is 9.78 Å². The van der Waals surface area contributed by atoms with Crippen LogP contribution >= 0.6 is 11.6 Å². The minimum absolute atomic E-state index is 0.175. The first-order valence-corrected chi connectivity index (χ1v) is 3.17. The summed E-state index contributed by atoms with van der Waals surface area (Å²) in [5, 5.41) is 12.2. The molecule has 0 amide bonds. The van der Waals surface area contributed by atoms with Crippen LogP contribution in [0.3, 0.4) is 0 Å². The van der Waals surface area contributed by atoms with Crippen molar-refractivity contribution in [2.75, 3.05) is 5.73 Å². The Bertz CT molecular complexity index is 283. The van der Waals surface area contributed by atoms with Gasteiger partial charge in [-0.05, 0) is 0 Å². The molecule has 3 N–H and O–H groups in total. The summed E-state index contributed by atoms with van der Waals surface area (Å²) >= 11 is 5.51. The Morgan fingerprint density at radius 1 is 1.91 bits per heavy atom. The molecule has 0 aliphatic rings. The summed E-state index contributed by atoms with van der Waals surface area (Å²) < 4.78 is 1.12. The average molecular weight is 176 g/mol. The Balaban J connectivity index is 2.87. The summed E-state index contributed by atoms with van der Waals surface area (Å²) in [6.45, 7) is -0.265. The van der Waals surface area contributed by atoms with Crippen molar-refractivity contribution in [3.8, 4) is 0 Å². The molecule has 1 aromatic rings. The van der Waals surface area contributed by atoms with Crippen LogP contribution in [-0.2, 0) is 11.3 Å². The molecule has 0 radical (unpaired) electrons. The molecule has 11 heavy (non-hydrogen) atoms. The maximum atomic E-state index is 10.2. The van der Waals surface area contributed by atoms with Gasteiger partial charge in [-0.25, -0.2) is 4.68 Å². The van der Waals surface area contributed by atoms with E-state index >= 15 is 0 Å². The number of nitrogens with two attached hydrogens (primary N) is 1. The van der Waals surface area contributed by atoms with E-state index in [4.69, 9.17) is 22.4 Å². The van der Waals surface area contributed by atoms with Gasteiger partial charge in [0.2, 0.25) is 0 Å². The van der Waals surface area contributed by atoms with Crippen molar-refractivity contribution < 1.29 is 9.90 Å². The smallest absolute Gasteiger partial charge is 0.325 e. The van der Waals surface area contributed by atoms with Gasteiger partial charge in [0.1, 0.15) is 17.4 Å². The number of aliphatic carboxylic acids is 1. The molecular weight excluding hydrogens is 170 g/mol. The minimum atomic E-state index is -1.00. The van der Waals surface area contributed by atoms with E-state index in [1.54, 1.807) is 0 Å². The van der Waals surface area contributed by atoms with E-state index in [1.807, 2.05) is 0 Å². The van der Waals surface area contributed by atoms with Crippen LogP contribution in [-0.4, -0.2) is 20.9 Å². The Kier molecular flexibility index (Phi) is 2.00. The summed E-state index contributed by atoms with van der Waals surface area (Å²) in [7, 11) is 0. The topological polar surface area (TPSA) is 81.1 Å². The molecule has 1 aromatic heterocycles. The Hall–Kier alpha value is -1.23. The Morgan fingerprint density at radius 3 is 2.91 bits per heavy atom. The number of halogens is 1. The van der Waals surface area contributed by atoms with Crippen molar-refractivity contribution in [2.24, 2.45) is 0 Å². The summed E-state index contributed by atoms with van der Waals surface area (Å²) in [6.07, 6.45) is 1.31. The van der Waals surface area contributed by atoms with Gasteiger partial charge >= 0.3 is 5.97 Å². The predicted molar refractivity (Wildman–Crippen MR) is 39.3 cm³/mol. The molecule has 0 saturated heterocycles. The number of carboxylic acid groups (broad SMARTS) is 1. The predicted octanol–water partition coefficient (Wildman–Crippen LogP) is 0.203. The van der Waals surface area contributed by atoms with Crippen molar-refractivity contribution >= 4 is 23.4 Å². The Morgan fingerprint density at radius 2 is 2.55 bits per heavy atom. The standard InChI is InChI=1S/C5H6ClN3O2/c6-3-1-8-9(5(3)7)2-4(10)11/h1H,2,7H2,(H,10,11). The molecule has 0 aliphatic carbocycles. The van der Waals surface area contributed by atoms with Crippen LogP contribution in [0, 0.1) is 0 Å². The van der Waals surface area contributed by atoms with Crippen LogP contribution in [0.5, 0.6) is 0 Å². The molecule has 1 heterocycles. The lowest BCUT2D eigenvalue weighted by Gasteiger charge is -1.97. The molecule has 0 saturated carbocycles. The fraction of sp³-hybridized carbons (Fsp3) is 0.200. The van der Waals surface area contributed by atoms with E-state index in [2.05, 4.69) is 5.10 Å². The highest BCUT2D eigenvalue weighted by Gasteiger charge is 2.06. The van der Waals surface area contributed by atoms with E-state index in [0.717, 1.165) is 4.68 Å². The van der Waals surface area contributed by atoms with Crippen molar-refractivity contribution in [2.45, 2.75) is 6.54 Å². The highest BCUT2D eigenvalue weighted by molar-refractivity contribution is 6.32. The molecule has 0 bridgehead atoms. The molecule has 0 unspecified atom stereocenters. The van der Waals surface area contributed by atoms with Gasteiger partial charge in [-0.3, -0.25) is 4.79 Å². The van der Waals surface area contributed by atoms with Crippen LogP contribution in [0.2, 0.25) is 5.02 Å². The molecule has 6 heteroatoms. The monoisotopic (exact) mass is 175 g/mol. The molecule has 0 fully saturated rings. The normalized spacial score (nSPS) is 9.91. The third kappa shape index (κ3) is 1.62. The Labute approximate surface area is 67.4 Å².